The molecule has 0 bridgehead atoms. The second kappa shape index (κ2) is 8.19. The summed E-state index contributed by atoms with van der Waals surface area (Å²) in [5.41, 5.74) is 0.581. The van der Waals surface area contributed by atoms with Gasteiger partial charge in [-0.2, -0.15) is 0 Å². The van der Waals surface area contributed by atoms with Crippen molar-refractivity contribution in [2.75, 3.05) is 11.9 Å². The average Bonchev–Trinajstić information content (AvgIpc) is 2.56. The number of anilines is 1. The number of urea groups is 1. The number of para-hydroxylation sites is 3. The van der Waals surface area contributed by atoms with E-state index < -0.39 is 0 Å². The molecule has 0 aliphatic heterocycles. The highest BCUT2D eigenvalue weighted by Gasteiger charge is 2.15. The number of ether oxygens (including phenoxy) is 1. The van der Waals surface area contributed by atoms with E-state index in [1.165, 1.54) is 0 Å². The van der Waals surface area contributed by atoms with Gasteiger partial charge in [0.05, 0.1) is 5.69 Å². The number of carbonyl (C=O) groups excluding carboxylic acids is 1. The molecule has 2 amide bonds. The molecule has 0 spiro atoms. The fourth-order valence-corrected chi connectivity index (χ4v) is 1.94. The maximum Gasteiger partial charge on any atom is 0.319 e. The Bertz CT molecular complexity index is 631. The van der Waals surface area contributed by atoms with E-state index in [1.807, 2.05) is 56.3 Å². The highest BCUT2D eigenvalue weighted by molar-refractivity contribution is 5.91. The lowest BCUT2D eigenvalue weighted by Gasteiger charge is -2.20. The molecule has 122 valence electrons. The summed E-state index contributed by atoms with van der Waals surface area (Å²) in [4.78, 5) is 12.1. The van der Waals surface area contributed by atoms with E-state index in [1.54, 1.807) is 12.1 Å². The van der Waals surface area contributed by atoms with Gasteiger partial charge in [0, 0.05) is 12.6 Å². The zero-order valence-electron chi connectivity index (χ0n) is 13.3. The third kappa shape index (κ3) is 5.00. The molecule has 0 saturated carbocycles. The highest BCUT2D eigenvalue weighted by Crippen LogP contribution is 2.28. The quantitative estimate of drug-likeness (QED) is 0.762. The van der Waals surface area contributed by atoms with Crippen LogP contribution in [0.3, 0.4) is 0 Å². The number of rotatable bonds is 6. The van der Waals surface area contributed by atoms with Gasteiger partial charge in [-0.3, -0.25) is 0 Å². The first-order valence-electron chi connectivity index (χ1n) is 7.60. The summed E-state index contributed by atoms with van der Waals surface area (Å²) in [7, 11) is 0. The molecule has 5 nitrogen and oxygen atoms in total. The second-order valence-electron chi connectivity index (χ2n) is 5.46. The third-order valence-electron chi connectivity index (χ3n) is 3.61. The molecule has 2 aromatic carbocycles. The van der Waals surface area contributed by atoms with Gasteiger partial charge in [0.25, 0.3) is 0 Å². The first kappa shape index (κ1) is 16.8. The van der Waals surface area contributed by atoms with Crippen LogP contribution >= 0.6 is 0 Å². The summed E-state index contributed by atoms with van der Waals surface area (Å²) in [6, 6.07) is 16.2. The zero-order chi connectivity index (χ0) is 16.7. The summed E-state index contributed by atoms with van der Waals surface area (Å²) in [6.07, 6.45) is 0. The van der Waals surface area contributed by atoms with E-state index >= 15 is 0 Å². The topological polar surface area (TPSA) is 70.6 Å². The molecule has 2 unspecified atom stereocenters. The Morgan fingerprint density at radius 2 is 1.74 bits per heavy atom. The number of nitrogens with one attached hydrogen (secondary N) is 2. The van der Waals surface area contributed by atoms with Crippen LogP contribution in [0.15, 0.2) is 54.6 Å². The van der Waals surface area contributed by atoms with Gasteiger partial charge in [-0.25, -0.2) is 4.79 Å². The van der Waals surface area contributed by atoms with E-state index in [0.717, 1.165) is 0 Å². The predicted molar refractivity (Wildman–Crippen MR) is 90.8 cm³/mol. The molecule has 0 heterocycles. The van der Waals surface area contributed by atoms with Crippen molar-refractivity contribution in [3.63, 3.8) is 0 Å². The Balaban J connectivity index is 2.04. The standard InChI is InChI=1S/C18H22N2O3/c1-13(12-21)14(2)19-18(22)20-16-10-6-7-11-17(16)23-15-8-4-3-5-9-15/h3-11,13-14,21H,12H2,1-2H3,(H2,19,20,22). The largest absolute Gasteiger partial charge is 0.455 e. The minimum Gasteiger partial charge on any atom is -0.455 e. The van der Waals surface area contributed by atoms with Crippen molar-refractivity contribution >= 4 is 11.7 Å². The monoisotopic (exact) mass is 314 g/mol. The fraction of sp³-hybridized carbons (Fsp3) is 0.278. The maximum atomic E-state index is 12.1. The Hall–Kier alpha value is -2.53. The number of aliphatic hydroxyl groups is 1. The van der Waals surface area contributed by atoms with E-state index in [0.29, 0.717) is 17.2 Å². The molecule has 0 saturated heterocycles. The molecule has 5 heteroatoms. The van der Waals surface area contributed by atoms with Crippen LogP contribution in [-0.2, 0) is 0 Å². The molecule has 3 N–H and O–H groups in total. The van der Waals surface area contributed by atoms with Gasteiger partial charge in [0.2, 0.25) is 0 Å². The molecule has 2 atom stereocenters. The summed E-state index contributed by atoms with van der Waals surface area (Å²) in [5.74, 6) is 1.25. The van der Waals surface area contributed by atoms with Crippen LogP contribution in [0, 0.1) is 5.92 Å². The van der Waals surface area contributed by atoms with Crippen LogP contribution in [0.5, 0.6) is 11.5 Å². The smallest absolute Gasteiger partial charge is 0.319 e. The van der Waals surface area contributed by atoms with Crippen molar-refractivity contribution < 1.29 is 14.6 Å². The van der Waals surface area contributed by atoms with Crippen LogP contribution in [0.4, 0.5) is 10.5 Å². The van der Waals surface area contributed by atoms with Crippen molar-refractivity contribution in [1.29, 1.82) is 0 Å². The molecular formula is C18H22N2O3. The van der Waals surface area contributed by atoms with E-state index in [9.17, 15) is 4.79 Å². The highest BCUT2D eigenvalue weighted by atomic mass is 16.5. The van der Waals surface area contributed by atoms with Crippen LogP contribution in [0.1, 0.15) is 13.8 Å². The number of aliphatic hydroxyl groups excluding tert-OH is 1. The van der Waals surface area contributed by atoms with Crippen LogP contribution in [-0.4, -0.2) is 23.8 Å². The van der Waals surface area contributed by atoms with Gasteiger partial charge in [-0.05, 0) is 37.1 Å². The molecule has 0 aliphatic rings. The van der Waals surface area contributed by atoms with Crippen LogP contribution in [0.25, 0.3) is 0 Å². The molecule has 0 aromatic heterocycles. The molecule has 0 fully saturated rings. The molecular weight excluding hydrogens is 292 g/mol. The van der Waals surface area contributed by atoms with Gasteiger partial charge in [-0.15, -0.1) is 0 Å². The number of amides is 2. The number of carbonyl (C=O) groups is 1. The van der Waals surface area contributed by atoms with Crippen molar-refractivity contribution in [3.8, 4) is 11.5 Å². The van der Waals surface area contributed by atoms with Gasteiger partial charge in [-0.1, -0.05) is 37.3 Å². The number of hydrogen-bond acceptors (Lipinski definition) is 3. The summed E-state index contributed by atoms with van der Waals surface area (Å²) < 4.78 is 5.80. The van der Waals surface area contributed by atoms with Gasteiger partial charge < -0.3 is 20.5 Å². The van der Waals surface area contributed by atoms with E-state index in [-0.39, 0.29) is 24.6 Å². The van der Waals surface area contributed by atoms with Crippen molar-refractivity contribution in [1.82, 2.24) is 5.32 Å². The first-order chi connectivity index (χ1) is 11.1. The zero-order valence-corrected chi connectivity index (χ0v) is 13.3. The molecule has 2 rings (SSSR count). The number of hydrogen-bond donors (Lipinski definition) is 3. The summed E-state index contributed by atoms with van der Waals surface area (Å²) >= 11 is 0. The van der Waals surface area contributed by atoms with Crippen LogP contribution in [0.2, 0.25) is 0 Å². The summed E-state index contributed by atoms with van der Waals surface area (Å²) in [5, 5.41) is 14.7. The Kier molecular flexibility index (Phi) is 6.00. The third-order valence-corrected chi connectivity index (χ3v) is 3.61. The van der Waals surface area contributed by atoms with Crippen molar-refractivity contribution in [2.45, 2.75) is 19.9 Å². The molecule has 0 aliphatic carbocycles. The average molecular weight is 314 g/mol. The SMILES string of the molecule is CC(CO)C(C)NC(=O)Nc1ccccc1Oc1ccccc1. The Morgan fingerprint density at radius 1 is 1.09 bits per heavy atom. The molecule has 23 heavy (non-hydrogen) atoms. The van der Waals surface area contributed by atoms with Gasteiger partial charge in [0.1, 0.15) is 5.75 Å². The lowest BCUT2D eigenvalue weighted by Crippen LogP contribution is -2.40. The second-order valence-corrected chi connectivity index (χ2v) is 5.46. The molecule has 2 aromatic rings. The van der Waals surface area contributed by atoms with E-state index in [4.69, 9.17) is 9.84 Å². The summed E-state index contributed by atoms with van der Waals surface area (Å²) in [6.45, 7) is 3.75. The minimum absolute atomic E-state index is 0.0171. The fourth-order valence-electron chi connectivity index (χ4n) is 1.94. The van der Waals surface area contributed by atoms with Gasteiger partial charge in [0.15, 0.2) is 5.75 Å². The maximum absolute atomic E-state index is 12.1. The van der Waals surface area contributed by atoms with E-state index in [2.05, 4.69) is 10.6 Å². The minimum atomic E-state index is -0.332. The normalized spacial score (nSPS) is 13.0. The predicted octanol–water partition coefficient (Wildman–Crippen LogP) is 3.62. The first-order valence-corrected chi connectivity index (χ1v) is 7.60. The Morgan fingerprint density at radius 3 is 2.43 bits per heavy atom. The lowest BCUT2D eigenvalue weighted by atomic mass is 10.1. The van der Waals surface area contributed by atoms with Crippen molar-refractivity contribution in [2.24, 2.45) is 5.92 Å². The van der Waals surface area contributed by atoms with Gasteiger partial charge >= 0.3 is 6.03 Å². The van der Waals surface area contributed by atoms with Crippen LogP contribution < -0.4 is 15.4 Å². The van der Waals surface area contributed by atoms with Crippen molar-refractivity contribution in [3.05, 3.63) is 54.6 Å². The molecule has 0 radical (unpaired) electrons. The lowest BCUT2D eigenvalue weighted by molar-refractivity contribution is 0.204. The number of benzene rings is 2. The Labute approximate surface area is 136 Å².